The first-order valence-electron chi connectivity index (χ1n) is 6.53. The van der Waals surface area contributed by atoms with Gasteiger partial charge in [-0.2, -0.15) is 13.2 Å². The molecular formula is C15H13Cl3F3N. The molecule has 2 rings (SSSR count). The highest BCUT2D eigenvalue weighted by molar-refractivity contribution is 6.37. The molecular weight excluding hydrogens is 358 g/mol. The van der Waals surface area contributed by atoms with Gasteiger partial charge in [0.05, 0.1) is 10.9 Å². The lowest BCUT2D eigenvalue weighted by Gasteiger charge is -2.28. The van der Waals surface area contributed by atoms with Gasteiger partial charge >= 0.3 is 6.18 Å². The molecule has 1 aliphatic carbocycles. The first-order chi connectivity index (χ1) is 10.3. The van der Waals surface area contributed by atoms with Crippen LogP contribution in [0.2, 0.25) is 0 Å². The second-order valence-corrected chi connectivity index (χ2v) is 6.29. The van der Waals surface area contributed by atoms with E-state index in [4.69, 9.17) is 40.5 Å². The number of allylic oxidation sites excluding steroid dienone is 4. The van der Waals surface area contributed by atoms with Gasteiger partial charge in [-0.1, -0.05) is 35.3 Å². The van der Waals surface area contributed by atoms with E-state index in [2.05, 4.69) is 0 Å². The smallest absolute Gasteiger partial charge is 0.330 e. The predicted molar refractivity (Wildman–Crippen MR) is 84.5 cm³/mol. The minimum absolute atomic E-state index is 0.0714. The lowest BCUT2D eigenvalue weighted by molar-refractivity contribution is -0.138. The second-order valence-electron chi connectivity index (χ2n) is 4.92. The summed E-state index contributed by atoms with van der Waals surface area (Å²) in [5, 5.41) is -0.265. The summed E-state index contributed by atoms with van der Waals surface area (Å²) in [5.41, 5.74) is 5.33. The van der Waals surface area contributed by atoms with Crippen molar-refractivity contribution < 1.29 is 13.2 Å². The average Bonchev–Trinajstić information content (AvgIpc) is 2.38. The fraction of sp³-hybridized carbons (Fsp3) is 0.333. The van der Waals surface area contributed by atoms with Gasteiger partial charge in [-0.25, -0.2) is 0 Å². The minimum atomic E-state index is -4.50. The summed E-state index contributed by atoms with van der Waals surface area (Å²) in [6.07, 6.45) is -1.29. The third-order valence-corrected chi connectivity index (χ3v) is 4.39. The molecule has 0 aliphatic heterocycles. The van der Waals surface area contributed by atoms with E-state index in [0.717, 1.165) is 6.07 Å². The molecule has 2 atom stereocenters. The monoisotopic (exact) mass is 369 g/mol. The normalized spacial score (nSPS) is 22.3. The molecule has 0 spiro atoms. The van der Waals surface area contributed by atoms with Crippen molar-refractivity contribution in [2.45, 2.75) is 23.9 Å². The van der Waals surface area contributed by atoms with E-state index in [-0.39, 0.29) is 17.1 Å². The van der Waals surface area contributed by atoms with E-state index in [1.165, 1.54) is 18.2 Å². The van der Waals surface area contributed by atoms with Gasteiger partial charge in [0.2, 0.25) is 0 Å². The van der Waals surface area contributed by atoms with Crippen LogP contribution in [0.1, 0.15) is 22.6 Å². The highest BCUT2D eigenvalue weighted by Gasteiger charge is 2.39. The average molecular weight is 371 g/mol. The van der Waals surface area contributed by atoms with Crippen molar-refractivity contribution in [2.75, 3.05) is 6.54 Å². The number of nitrogens with two attached hydrogens (primary N) is 1. The Balaban J connectivity index is 2.65. The summed E-state index contributed by atoms with van der Waals surface area (Å²) >= 11 is 18.2. The van der Waals surface area contributed by atoms with Crippen molar-refractivity contribution >= 4 is 34.8 Å². The maximum absolute atomic E-state index is 13.4. The number of rotatable bonds is 3. The Kier molecular flexibility index (Phi) is 5.49. The molecule has 22 heavy (non-hydrogen) atoms. The van der Waals surface area contributed by atoms with Crippen molar-refractivity contribution in [3.8, 4) is 0 Å². The molecule has 0 saturated carbocycles. The third-order valence-electron chi connectivity index (χ3n) is 3.44. The lowest BCUT2D eigenvalue weighted by Crippen LogP contribution is -2.22. The van der Waals surface area contributed by atoms with E-state index in [1.807, 2.05) is 0 Å². The van der Waals surface area contributed by atoms with Crippen LogP contribution >= 0.6 is 34.8 Å². The Labute approximate surface area is 141 Å². The molecule has 2 unspecified atom stereocenters. The molecule has 0 fully saturated rings. The van der Waals surface area contributed by atoms with Gasteiger partial charge in [0.15, 0.2) is 0 Å². The maximum Gasteiger partial charge on any atom is 0.416 e. The Hall–Kier alpha value is -0.680. The summed E-state index contributed by atoms with van der Waals surface area (Å²) in [6, 6.07) is 4.01. The van der Waals surface area contributed by atoms with E-state index >= 15 is 0 Å². The highest BCUT2D eigenvalue weighted by Crippen LogP contribution is 2.45. The van der Waals surface area contributed by atoms with Gasteiger partial charge in [0.25, 0.3) is 0 Å². The maximum atomic E-state index is 13.4. The van der Waals surface area contributed by atoms with Gasteiger partial charge in [-0.05, 0) is 42.3 Å². The first kappa shape index (κ1) is 17.7. The molecule has 1 aromatic rings. The molecule has 120 valence electrons. The quantitative estimate of drug-likeness (QED) is 0.731. The second kappa shape index (κ2) is 6.83. The van der Waals surface area contributed by atoms with E-state index < -0.39 is 23.0 Å². The SMILES string of the molecule is NCCc1cccc(C(F)(F)F)c1C1C(Cl)=CC(Cl)=CC1Cl. The Bertz CT molecular complexity index is 623. The minimum Gasteiger partial charge on any atom is -0.330 e. The van der Waals surface area contributed by atoms with Gasteiger partial charge < -0.3 is 5.73 Å². The molecule has 2 N–H and O–H groups in total. The van der Waals surface area contributed by atoms with Crippen molar-refractivity contribution in [3.05, 3.63) is 57.1 Å². The molecule has 1 aliphatic rings. The van der Waals surface area contributed by atoms with Crippen LogP contribution in [0.25, 0.3) is 0 Å². The van der Waals surface area contributed by atoms with Gasteiger partial charge in [0.1, 0.15) is 0 Å². The van der Waals surface area contributed by atoms with Gasteiger partial charge in [0, 0.05) is 16.0 Å². The molecule has 0 bridgehead atoms. The Morgan fingerprint density at radius 1 is 1.18 bits per heavy atom. The predicted octanol–water partition coefficient (Wildman–Crippen LogP) is 5.16. The standard InChI is InChI=1S/C15H13Cl3F3N/c16-9-6-11(17)14(12(18)7-9)13-8(4-5-22)2-1-3-10(13)15(19,20)21/h1-3,6-7,11,14H,4-5,22H2. The van der Waals surface area contributed by atoms with Crippen LogP contribution in [-0.2, 0) is 12.6 Å². The zero-order chi connectivity index (χ0) is 16.5. The summed E-state index contributed by atoms with van der Waals surface area (Å²) in [6.45, 7) is 0.228. The zero-order valence-corrected chi connectivity index (χ0v) is 13.6. The number of hydrogen-bond donors (Lipinski definition) is 1. The van der Waals surface area contributed by atoms with Crippen molar-refractivity contribution in [1.29, 1.82) is 0 Å². The molecule has 1 aromatic carbocycles. The molecule has 0 radical (unpaired) electrons. The first-order valence-corrected chi connectivity index (χ1v) is 7.72. The van der Waals surface area contributed by atoms with Gasteiger partial charge in [-0.3, -0.25) is 0 Å². The van der Waals surface area contributed by atoms with Crippen molar-refractivity contribution in [3.63, 3.8) is 0 Å². The van der Waals surface area contributed by atoms with E-state index in [1.54, 1.807) is 6.07 Å². The molecule has 0 heterocycles. The van der Waals surface area contributed by atoms with Crippen LogP contribution in [0.4, 0.5) is 13.2 Å². The number of halogens is 6. The molecule has 0 amide bonds. The summed E-state index contributed by atoms with van der Waals surface area (Å²) < 4.78 is 40.1. The van der Waals surface area contributed by atoms with Crippen LogP contribution in [0.15, 0.2) is 40.4 Å². The molecule has 0 saturated heterocycles. The summed E-state index contributed by atoms with van der Waals surface area (Å²) in [5.74, 6) is -0.801. The number of hydrogen-bond acceptors (Lipinski definition) is 1. The highest BCUT2D eigenvalue weighted by atomic mass is 35.5. The molecule has 7 heteroatoms. The van der Waals surface area contributed by atoms with Crippen LogP contribution in [-0.4, -0.2) is 11.9 Å². The Morgan fingerprint density at radius 2 is 1.86 bits per heavy atom. The molecule has 0 aromatic heterocycles. The zero-order valence-electron chi connectivity index (χ0n) is 11.3. The summed E-state index contributed by atoms with van der Waals surface area (Å²) in [4.78, 5) is 0. The van der Waals surface area contributed by atoms with Crippen LogP contribution in [0.3, 0.4) is 0 Å². The largest absolute Gasteiger partial charge is 0.416 e. The van der Waals surface area contributed by atoms with Crippen molar-refractivity contribution in [1.82, 2.24) is 0 Å². The van der Waals surface area contributed by atoms with Crippen LogP contribution in [0.5, 0.6) is 0 Å². The number of benzene rings is 1. The van der Waals surface area contributed by atoms with E-state index in [9.17, 15) is 13.2 Å². The fourth-order valence-electron chi connectivity index (χ4n) is 2.57. The number of alkyl halides is 4. The van der Waals surface area contributed by atoms with Crippen LogP contribution in [0, 0.1) is 0 Å². The van der Waals surface area contributed by atoms with Gasteiger partial charge in [-0.15, -0.1) is 11.6 Å². The fourth-order valence-corrected chi connectivity index (χ4v) is 3.77. The third kappa shape index (κ3) is 3.62. The van der Waals surface area contributed by atoms with E-state index in [0.29, 0.717) is 17.0 Å². The Morgan fingerprint density at radius 3 is 2.41 bits per heavy atom. The molecule has 1 nitrogen and oxygen atoms in total. The van der Waals surface area contributed by atoms with Crippen molar-refractivity contribution in [2.24, 2.45) is 5.73 Å². The lowest BCUT2D eigenvalue weighted by atomic mass is 9.84. The topological polar surface area (TPSA) is 26.0 Å². The van der Waals surface area contributed by atoms with Crippen LogP contribution < -0.4 is 5.73 Å². The summed E-state index contributed by atoms with van der Waals surface area (Å²) in [7, 11) is 0.